The molecule has 24 heavy (non-hydrogen) atoms. The van der Waals surface area contributed by atoms with Crippen LogP contribution in [-0.4, -0.2) is 11.8 Å². The fourth-order valence-electron chi connectivity index (χ4n) is 1.88. The van der Waals surface area contributed by atoms with Gasteiger partial charge in [0.2, 0.25) is 0 Å². The molecule has 0 aliphatic rings. The van der Waals surface area contributed by atoms with Crippen molar-refractivity contribution in [1.82, 2.24) is 0 Å². The van der Waals surface area contributed by atoms with Crippen LogP contribution in [-0.2, 0) is 33.5 Å². The average Bonchev–Trinajstić information content (AvgIpc) is 2.56. The van der Waals surface area contributed by atoms with E-state index in [2.05, 4.69) is 6.58 Å². The maximum atomic E-state index is 12.6. The van der Waals surface area contributed by atoms with Gasteiger partial charge in [0.25, 0.3) is 0 Å². The third kappa shape index (κ3) is 4.71. The second kappa shape index (κ2) is 8.14. The summed E-state index contributed by atoms with van der Waals surface area (Å²) in [4.78, 5) is 22.3. The van der Waals surface area contributed by atoms with Crippen molar-refractivity contribution in [2.24, 2.45) is 0 Å². The molecule has 0 saturated heterocycles. The van der Waals surface area contributed by atoms with Crippen molar-refractivity contribution in [1.29, 1.82) is 0 Å². The van der Waals surface area contributed by atoms with Crippen molar-refractivity contribution in [3.63, 3.8) is 0 Å². The van der Waals surface area contributed by atoms with Crippen LogP contribution >= 0.6 is 11.6 Å². The van der Waals surface area contributed by atoms with Gasteiger partial charge >= 0.3 is 149 Å². The zero-order valence-electron chi connectivity index (χ0n) is 12.9. The Morgan fingerprint density at radius 3 is 2.33 bits per heavy atom. The summed E-state index contributed by atoms with van der Waals surface area (Å²) in [6, 6.07) is 11.6. The van der Waals surface area contributed by atoms with Crippen LogP contribution in [0.4, 0.5) is 0 Å². The van der Waals surface area contributed by atoms with Crippen LogP contribution in [0.2, 0.25) is 5.02 Å². The molecule has 127 valence electrons. The first kappa shape index (κ1) is 18.3. The Labute approximate surface area is 149 Å². The van der Waals surface area contributed by atoms with Gasteiger partial charge in [-0.1, -0.05) is 0 Å². The van der Waals surface area contributed by atoms with Gasteiger partial charge in [0.1, 0.15) is 0 Å². The van der Waals surface area contributed by atoms with Crippen LogP contribution in [0.3, 0.4) is 0 Å². The summed E-state index contributed by atoms with van der Waals surface area (Å²) in [6.45, 7) is 4.72. The number of esters is 1. The number of hydrogen-bond donors (Lipinski definition) is 0. The first-order valence-electron chi connectivity index (χ1n) is 6.94. The van der Waals surface area contributed by atoms with E-state index in [-0.39, 0.29) is 23.0 Å². The van der Waals surface area contributed by atoms with Gasteiger partial charge in [-0.2, -0.15) is 0 Å². The zero-order chi connectivity index (χ0) is 17.7. The van der Waals surface area contributed by atoms with Gasteiger partial charge in [-0.3, -0.25) is 0 Å². The second-order valence-electron chi connectivity index (χ2n) is 4.81. The molecule has 0 atom stereocenters. The number of halogens is 1. The molecule has 2 aromatic rings. The Balaban J connectivity index is 2.19. The zero-order valence-corrected chi connectivity index (χ0v) is 14.7. The molecule has 6 heteroatoms. The Hall–Kier alpha value is -2.08. The van der Waals surface area contributed by atoms with Crippen LogP contribution in [0.5, 0.6) is 5.75 Å². The topological polar surface area (TPSA) is 60.4 Å². The molecule has 0 amide bonds. The molecule has 0 bridgehead atoms. The number of carbonyl (C=O) groups is 2. The molecule has 0 aromatic heterocycles. The number of hydrogen-bond acceptors (Lipinski definition) is 4. The number of ketones is 1. The molecule has 0 aliphatic heterocycles. The Morgan fingerprint density at radius 2 is 1.79 bits per heavy atom. The summed E-state index contributed by atoms with van der Waals surface area (Å²) in [6.07, 6.45) is 1.55. The van der Waals surface area contributed by atoms with Crippen molar-refractivity contribution in [2.45, 2.75) is 13.3 Å². The van der Waals surface area contributed by atoms with E-state index in [0.717, 1.165) is 5.56 Å². The van der Waals surface area contributed by atoms with Crippen LogP contribution in [0.1, 0.15) is 12.5 Å². The summed E-state index contributed by atoms with van der Waals surface area (Å²) in [5, 5.41) is 0.221. The SMILES string of the molecule is C=CC(=O)Cc1cc[c]([Co](=[O])[c]2ccc(OC(C)=O)c(Cl)c2)cc1. The summed E-state index contributed by atoms with van der Waals surface area (Å²) in [7, 11) is 0. The number of carbonyl (C=O) groups excluding carboxylic acids is 2. The van der Waals surface area contributed by atoms with Gasteiger partial charge in [-0.05, 0) is 0 Å². The molecule has 0 N–H and O–H groups in total. The first-order valence-corrected chi connectivity index (χ1v) is 8.78. The molecule has 2 aromatic carbocycles. The molecular weight excluding hydrogens is 375 g/mol. The van der Waals surface area contributed by atoms with Crippen molar-refractivity contribution in [3.05, 3.63) is 65.7 Å². The van der Waals surface area contributed by atoms with Gasteiger partial charge in [-0.25, -0.2) is 0 Å². The van der Waals surface area contributed by atoms with Crippen LogP contribution in [0, 0.1) is 0 Å². The quantitative estimate of drug-likeness (QED) is 0.433. The van der Waals surface area contributed by atoms with Gasteiger partial charge in [0.05, 0.1) is 0 Å². The Kier molecular flexibility index (Phi) is 6.20. The normalized spacial score (nSPS) is 10.8. The van der Waals surface area contributed by atoms with Crippen molar-refractivity contribution < 1.29 is 31.8 Å². The maximum absolute atomic E-state index is 12.6. The molecule has 0 radical (unpaired) electrons. The minimum absolute atomic E-state index is 0.0697. The number of benzene rings is 2. The second-order valence-corrected chi connectivity index (χ2v) is 7.10. The average molecular weight is 390 g/mol. The van der Waals surface area contributed by atoms with Gasteiger partial charge < -0.3 is 0 Å². The number of allylic oxidation sites excluding steroid dienone is 1. The third-order valence-corrected chi connectivity index (χ3v) is 5.05. The summed E-state index contributed by atoms with van der Waals surface area (Å²) < 4.78 is 18.7. The summed E-state index contributed by atoms with van der Waals surface area (Å²) >= 11 is 4.24. The molecule has 0 fully saturated rings. The first-order chi connectivity index (χ1) is 11.4. The standard InChI is InChI=1S/C10H9O.C8H6ClO2.Co.O/c1-2-10(11)8-9-6-4-3-5-7-9;1-6(10)11-8-5-3-2-4-7(8)9;;/h2,4-7H,1,8H2;3-5H,1H3;;. The van der Waals surface area contributed by atoms with E-state index in [4.69, 9.17) is 16.3 Å². The van der Waals surface area contributed by atoms with Crippen LogP contribution < -0.4 is 13.7 Å². The van der Waals surface area contributed by atoms with E-state index in [1.54, 1.807) is 30.3 Å². The number of rotatable bonds is 6. The molecule has 0 aliphatic carbocycles. The fraction of sp³-hybridized carbons (Fsp3) is 0.111. The van der Waals surface area contributed by atoms with E-state index in [1.807, 2.05) is 0 Å². The molecular formula is C18H15ClCoO4. The fourth-order valence-corrected chi connectivity index (χ4v) is 3.54. The third-order valence-electron chi connectivity index (χ3n) is 2.99. The Morgan fingerprint density at radius 1 is 1.17 bits per heavy atom. The van der Waals surface area contributed by atoms with E-state index in [9.17, 15) is 13.5 Å². The van der Waals surface area contributed by atoms with Crippen molar-refractivity contribution in [3.8, 4) is 5.75 Å². The van der Waals surface area contributed by atoms with Gasteiger partial charge in [-0.15, -0.1) is 0 Å². The van der Waals surface area contributed by atoms with Crippen LogP contribution in [0.25, 0.3) is 0 Å². The van der Waals surface area contributed by atoms with Crippen LogP contribution in [0.15, 0.2) is 55.1 Å². The van der Waals surface area contributed by atoms with E-state index in [0.29, 0.717) is 9.00 Å². The monoisotopic (exact) mass is 389 g/mol. The molecule has 0 spiro atoms. The predicted octanol–water partition coefficient (Wildman–Crippen LogP) is 2.48. The predicted molar refractivity (Wildman–Crippen MR) is 88.1 cm³/mol. The van der Waals surface area contributed by atoms with E-state index < -0.39 is 19.6 Å². The van der Waals surface area contributed by atoms with Crippen molar-refractivity contribution in [2.75, 3.05) is 0 Å². The molecule has 0 heterocycles. The van der Waals surface area contributed by atoms with Gasteiger partial charge in [0, 0.05) is 0 Å². The summed E-state index contributed by atoms with van der Waals surface area (Å²) in [5.74, 6) is -0.313. The minimum atomic E-state index is -1.81. The molecule has 0 saturated carbocycles. The molecule has 4 nitrogen and oxygen atoms in total. The Bertz CT molecular complexity index is 812. The summed E-state index contributed by atoms with van der Waals surface area (Å²) in [5.41, 5.74) is 0.829. The van der Waals surface area contributed by atoms with E-state index >= 15 is 0 Å². The molecule has 0 unspecified atom stereocenters. The molecule has 2 rings (SSSR count). The number of ether oxygens (including phenoxy) is 1. The van der Waals surface area contributed by atoms with Gasteiger partial charge in [0.15, 0.2) is 0 Å². The van der Waals surface area contributed by atoms with E-state index in [1.165, 1.54) is 25.1 Å². The van der Waals surface area contributed by atoms with Crippen molar-refractivity contribution >= 4 is 32.3 Å².